The van der Waals surface area contributed by atoms with E-state index >= 15 is 0 Å². The summed E-state index contributed by atoms with van der Waals surface area (Å²) in [5.41, 5.74) is 0.631. The van der Waals surface area contributed by atoms with Gasteiger partial charge in [-0.25, -0.2) is 0 Å². The van der Waals surface area contributed by atoms with Gasteiger partial charge in [0.2, 0.25) is 0 Å². The van der Waals surface area contributed by atoms with Crippen molar-refractivity contribution in [2.75, 3.05) is 0 Å². The van der Waals surface area contributed by atoms with E-state index in [9.17, 15) is 4.79 Å². The Hall–Kier alpha value is -0.700. The van der Waals surface area contributed by atoms with E-state index in [1.54, 1.807) is 12.1 Å². The Morgan fingerprint density at radius 3 is 2.26 bits per heavy atom. The van der Waals surface area contributed by atoms with Crippen molar-refractivity contribution in [3.05, 3.63) is 40.9 Å². The highest BCUT2D eigenvalue weighted by molar-refractivity contribution is 6.48. The van der Waals surface area contributed by atoms with Gasteiger partial charge < -0.3 is 5.11 Å². The van der Waals surface area contributed by atoms with Crippen molar-refractivity contribution in [1.29, 1.82) is 0 Å². The molecule has 0 bridgehead atoms. The Kier molecular flexibility index (Phi) is 4.94. The van der Waals surface area contributed by atoms with Crippen LogP contribution in [-0.4, -0.2) is 11.1 Å². The van der Waals surface area contributed by atoms with E-state index in [1.165, 1.54) is 0 Å². The number of benzene rings is 1. The molecule has 19 heavy (non-hydrogen) atoms. The van der Waals surface area contributed by atoms with Gasteiger partial charge in [-0.1, -0.05) is 55.3 Å². The van der Waals surface area contributed by atoms with Gasteiger partial charge in [-0.05, 0) is 29.0 Å². The molecule has 1 fully saturated rings. The van der Waals surface area contributed by atoms with Crippen LogP contribution >= 0.6 is 35.6 Å². The molecule has 2 nitrogen and oxygen atoms in total. The molecule has 0 spiro atoms. The average Bonchev–Trinajstić information content (AvgIpc) is 2.81. The van der Waals surface area contributed by atoms with Gasteiger partial charge in [0.25, 0.3) is 0 Å². The Morgan fingerprint density at radius 2 is 1.84 bits per heavy atom. The molecular formula is C14H15Cl3O2. The van der Waals surface area contributed by atoms with E-state index in [0.717, 1.165) is 5.56 Å². The Labute approximate surface area is 128 Å². The molecule has 104 valence electrons. The lowest BCUT2D eigenvalue weighted by atomic mass is 10.1. The maximum atomic E-state index is 11.1. The molecule has 1 N–H and O–H groups in total. The number of carboxylic acid groups (broad SMARTS) is 1. The van der Waals surface area contributed by atoms with E-state index < -0.39 is 5.97 Å². The molecule has 2 rings (SSSR count). The Balaban J connectivity index is 0.00000180. The van der Waals surface area contributed by atoms with Gasteiger partial charge in [0.15, 0.2) is 0 Å². The lowest BCUT2D eigenvalue weighted by molar-refractivity contribution is -0.139. The van der Waals surface area contributed by atoms with Crippen LogP contribution in [0.5, 0.6) is 0 Å². The SMILES string of the molecule is CC1(C)[C@@H](C=C(Cl)c2ccc(Cl)cc2)[C@@H]1C(=O)O.Cl. The third kappa shape index (κ3) is 3.25. The lowest BCUT2D eigenvalue weighted by Crippen LogP contribution is -2.03. The first-order valence-corrected chi connectivity index (χ1v) is 6.45. The molecule has 2 atom stereocenters. The number of hydrogen-bond acceptors (Lipinski definition) is 1. The van der Waals surface area contributed by atoms with E-state index in [4.69, 9.17) is 28.3 Å². The van der Waals surface area contributed by atoms with Gasteiger partial charge in [-0.3, -0.25) is 4.79 Å². The summed E-state index contributed by atoms with van der Waals surface area (Å²) in [5, 5.41) is 10.3. The molecule has 0 amide bonds. The van der Waals surface area contributed by atoms with Crippen LogP contribution in [0.3, 0.4) is 0 Å². The molecule has 0 saturated heterocycles. The largest absolute Gasteiger partial charge is 0.481 e. The molecule has 0 radical (unpaired) electrons. The Bertz CT molecular complexity index is 506. The van der Waals surface area contributed by atoms with Gasteiger partial charge >= 0.3 is 5.97 Å². The zero-order valence-corrected chi connectivity index (χ0v) is 12.9. The normalized spacial score (nSPS) is 24.5. The maximum absolute atomic E-state index is 11.1. The molecule has 5 heteroatoms. The van der Waals surface area contributed by atoms with Crippen molar-refractivity contribution in [3.8, 4) is 0 Å². The zero-order valence-electron chi connectivity index (χ0n) is 10.6. The first-order chi connectivity index (χ1) is 8.34. The second kappa shape index (κ2) is 5.74. The molecule has 0 aromatic heterocycles. The zero-order chi connectivity index (χ0) is 13.5. The third-order valence-electron chi connectivity index (χ3n) is 3.62. The molecule has 1 aliphatic rings. The molecular weight excluding hydrogens is 307 g/mol. The van der Waals surface area contributed by atoms with E-state index in [2.05, 4.69) is 0 Å². The first-order valence-electron chi connectivity index (χ1n) is 5.70. The molecule has 0 heterocycles. The molecule has 1 saturated carbocycles. The molecule has 0 aliphatic heterocycles. The van der Waals surface area contributed by atoms with Crippen LogP contribution in [0.4, 0.5) is 0 Å². The topological polar surface area (TPSA) is 37.3 Å². The van der Waals surface area contributed by atoms with Gasteiger partial charge in [0.1, 0.15) is 0 Å². The minimum atomic E-state index is -0.762. The summed E-state index contributed by atoms with van der Waals surface area (Å²) >= 11 is 12.0. The monoisotopic (exact) mass is 320 g/mol. The van der Waals surface area contributed by atoms with E-state index in [1.807, 2.05) is 32.1 Å². The van der Waals surface area contributed by atoms with Crippen LogP contribution < -0.4 is 0 Å². The summed E-state index contributed by atoms with van der Waals surface area (Å²) in [7, 11) is 0. The summed E-state index contributed by atoms with van der Waals surface area (Å²) in [6, 6.07) is 7.18. The predicted octanol–water partition coefficient (Wildman–Crippen LogP) is 4.70. The van der Waals surface area contributed by atoms with Crippen LogP contribution in [0.2, 0.25) is 5.02 Å². The number of hydrogen-bond donors (Lipinski definition) is 1. The van der Waals surface area contributed by atoms with Gasteiger partial charge in [-0.15, -0.1) is 12.4 Å². The summed E-state index contributed by atoms with van der Waals surface area (Å²) in [5.74, 6) is -1.13. The number of rotatable bonds is 3. The van der Waals surface area contributed by atoms with Crippen molar-refractivity contribution in [1.82, 2.24) is 0 Å². The quantitative estimate of drug-likeness (QED) is 0.876. The number of carboxylic acids is 1. The van der Waals surface area contributed by atoms with Crippen molar-refractivity contribution in [3.63, 3.8) is 0 Å². The molecule has 1 aromatic carbocycles. The van der Waals surface area contributed by atoms with Crippen molar-refractivity contribution < 1.29 is 9.90 Å². The highest BCUT2D eigenvalue weighted by Gasteiger charge is 2.61. The standard InChI is InChI=1S/C14H14Cl2O2.ClH/c1-14(2)10(12(14)13(17)18)7-11(16)8-3-5-9(15)6-4-8;/h3-7,10,12H,1-2H3,(H,17,18);1H/t10-,12+;/m0./s1. The average molecular weight is 322 g/mol. The van der Waals surface area contributed by atoms with Crippen LogP contribution in [0.25, 0.3) is 5.03 Å². The minimum absolute atomic E-state index is 0. The number of halogens is 3. The molecule has 1 aromatic rings. The Morgan fingerprint density at radius 1 is 1.32 bits per heavy atom. The minimum Gasteiger partial charge on any atom is -0.481 e. The summed E-state index contributed by atoms with van der Waals surface area (Å²) in [4.78, 5) is 11.1. The number of allylic oxidation sites excluding steroid dienone is 1. The summed E-state index contributed by atoms with van der Waals surface area (Å²) < 4.78 is 0. The molecule has 0 unspecified atom stereocenters. The number of aliphatic carboxylic acids is 1. The second-order valence-electron chi connectivity index (χ2n) is 5.18. The lowest BCUT2D eigenvalue weighted by Gasteiger charge is -2.01. The van der Waals surface area contributed by atoms with Crippen LogP contribution in [0.1, 0.15) is 19.4 Å². The number of carbonyl (C=O) groups is 1. The van der Waals surface area contributed by atoms with Crippen LogP contribution in [0, 0.1) is 17.3 Å². The van der Waals surface area contributed by atoms with Crippen molar-refractivity contribution in [2.24, 2.45) is 17.3 Å². The first kappa shape index (κ1) is 16.4. The molecule has 1 aliphatic carbocycles. The fourth-order valence-electron chi connectivity index (χ4n) is 2.32. The highest BCUT2D eigenvalue weighted by atomic mass is 35.5. The van der Waals surface area contributed by atoms with Gasteiger partial charge in [-0.2, -0.15) is 0 Å². The second-order valence-corrected chi connectivity index (χ2v) is 6.03. The maximum Gasteiger partial charge on any atom is 0.307 e. The third-order valence-corrected chi connectivity index (χ3v) is 4.22. The van der Waals surface area contributed by atoms with Gasteiger partial charge in [0.05, 0.1) is 5.92 Å². The van der Waals surface area contributed by atoms with E-state index in [0.29, 0.717) is 10.1 Å². The van der Waals surface area contributed by atoms with Crippen LogP contribution in [0.15, 0.2) is 30.3 Å². The van der Waals surface area contributed by atoms with E-state index in [-0.39, 0.29) is 29.7 Å². The summed E-state index contributed by atoms with van der Waals surface area (Å²) in [6.07, 6.45) is 1.84. The summed E-state index contributed by atoms with van der Waals surface area (Å²) in [6.45, 7) is 3.89. The smallest absolute Gasteiger partial charge is 0.307 e. The predicted molar refractivity (Wildman–Crippen MR) is 80.9 cm³/mol. The van der Waals surface area contributed by atoms with Crippen molar-refractivity contribution in [2.45, 2.75) is 13.8 Å². The van der Waals surface area contributed by atoms with Gasteiger partial charge in [0, 0.05) is 10.1 Å². The highest BCUT2D eigenvalue weighted by Crippen LogP contribution is 2.59. The van der Waals surface area contributed by atoms with Crippen LogP contribution in [-0.2, 0) is 4.79 Å². The fraction of sp³-hybridized carbons (Fsp3) is 0.357. The fourth-order valence-corrected chi connectivity index (χ4v) is 2.71. The van der Waals surface area contributed by atoms with Crippen molar-refractivity contribution >= 4 is 46.6 Å².